The van der Waals surface area contributed by atoms with Gasteiger partial charge in [0.25, 0.3) is 0 Å². The van der Waals surface area contributed by atoms with Crippen LogP contribution in [0.5, 0.6) is 0 Å². The summed E-state index contributed by atoms with van der Waals surface area (Å²) >= 11 is 1.60. The Kier molecular flexibility index (Phi) is 4.66. The monoisotopic (exact) mass is 346 g/mol. The van der Waals surface area contributed by atoms with E-state index in [-0.39, 0.29) is 30.1 Å². The van der Waals surface area contributed by atoms with E-state index >= 15 is 0 Å². The molecule has 4 nitrogen and oxygen atoms in total. The van der Waals surface area contributed by atoms with Gasteiger partial charge >= 0.3 is 0 Å². The largest absolute Gasteiger partial charge is 0.340 e. The first kappa shape index (κ1) is 16.6. The molecule has 1 fully saturated rings. The van der Waals surface area contributed by atoms with E-state index in [1.165, 1.54) is 12.1 Å². The number of thiophene rings is 1. The van der Waals surface area contributed by atoms with Crippen molar-refractivity contribution in [3.63, 3.8) is 0 Å². The normalized spacial score (nSPS) is 20.5. The highest BCUT2D eigenvalue weighted by molar-refractivity contribution is 7.09. The van der Waals surface area contributed by atoms with E-state index in [0.717, 1.165) is 10.4 Å². The number of hydrogen-bond acceptors (Lipinski definition) is 3. The van der Waals surface area contributed by atoms with Crippen LogP contribution in [0.2, 0.25) is 0 Å². The van der Waals surface area contributed by atoms with E-state index in [1.54, 1.807) is 47.4 Å². The minimum Gasteiger partial charge on any atom is -0.340 e. The first-order valence-corrected chi connectivity index (χ1v) is 8.64. The van der Waals surface area contributed by atoms with Crippen LogP contribution in [0.3, 0.4) is 0 Å². The molecule has 1 aromatic heterocycles. The van der Waals surface area contributed by atoms with E-state index in [4.69, 9.17) is 0 Å². The van der Waals surface area contributed by atoms with Gasteiger partial charge in [-0.2, -0.15) is 0 Å². The van der Waals surface area contributed by atoms with E-state index in [0.29, 0.717) is 6.54 Å². The lowest BCUT2D eigenvalue weighted by Gasteiger charge is -2.27. The van der Waals surface area contributed by atoms with Crippen molar-refractivity contribution in [2.75, 3.05) is 14.1 Å². The third-order valence-electron chi connectivity index (χ3n) is 4.46. The summed E-state index contributed by atoms with van der Waals surface area (Å²) in [6.07, 6.45) is 0.187. The van der Waals surface area contributed by atoms with Crippen molar-refractivity contribution in [1.82, 2.24) is 9.80 Å². The molecule has 0 bridgehead atoms. The van der Waals surface area contributed by atoms with Crippen LogP contribution in [-0.4, -0.2) is 35.7 Å². The van der Waals surface area contributed by atoms with Crippen LogP contribution in [-0.2, 0) is 16.1 Å². The van der Waals surface area contributed by atoms with Crippen LogP contribution in [0.25, 0.3) is 0 Å². The van der Waals surface area contributed by atoms with Crippen molar-refractivity contribution in [2.45, 2.75) is 19.0 Å². The topological polar surface area (TPSA) is 40.6 Å². The molecule has 3 rings (SSSR count). The Balaban J connectivity index is 1.82. The predicted molar refractivity (Wildman–Crippen MR) is 90.8 cm³/mol. The van der Waals surface area contributed by atoms with Crippen molar-refractivity contribution in [3.05, 3.63) is 58.0 Å². The highest BCUT2D eigenvalue weighted by Gasteiger charge is 2.43. The molecule has 0 unspecified atom stereocenters. The van der Waals surface area contributed by atoms with Crippen molar-refractivity contribution in [3.8, 4) is 0 Å². The van der Waals surface area contributed by atoms with Gasteiger partial charge in [0.15, 0.2) is 0 Å². The number of likely N-dealkylation sites (tertiary alicyclic amines) is 1. The Hall–Kier alpha value is -2.21. The zero-order valence-corrected chi connectivity index (χ0v) is 14.4. The summed E-state index contributed by atoms with van der Waals surface area (Å²) in [5, 5.41) is 1.97. The second kappa shape index (κ2) is 6.73. The summed E-state index contributed by atoms with van der Waals surface area (Å²) in [6.45, 7) is 0.529. The lowest BCUT2D eigenvalue weighted by molar-refractivity contribution is -0.135. The molecule has 2 heterocycles. The highest BCUT2D eigenvalue weighted by Crippen LogP contribution is 2.38. The molecule has 24 heavy (non-hydrogen) atoms. The van der Waals surface area contributed by atoms with Crippen molar-refractivity contribution in [2.24, 2.45) is 5.92 Å². The number of rotatable bonds is 4. The van der Waals surface area contributed by atoms with Gasteiger partial charge in [-0.05, 0) is 29.1 Å². The Bertz CT molecular complexity index is 730. The third-order valence-corrected chi connectivity index (χ3v) is 5.33. The van der Waals surface area contributed by atoms with E-state index in [9.17, 15) is 14.0 Å². The van der Waals surface area contributed by atoms with Crippen LogP contribution >= 0.6 is 11.3 Å². The van der Waals surface area contributed by atoms with Gasteiger partial charge in [0.1, 0.15) is 5.82 Å². The van der Waals surface area contributed by atoms with Gasteiger partial charge in [-0.25, -0.2) is 4.39 Å². The zero-order valence-electron chi connectivity index (χ0n) is 13.6. The van der Waals surface area contributed by atoms with Crippen molar-refractivity contribution in [1.29, 1.82) is 0 Å². The van der Waals surface area contributed by atoms with Gasteiger partial charge in [0, 0.05) is 25.4 Å². The minimum absolute atomic E-state index is 0.0598. The second-order valence-corrected chi connectivity index (χ2v) is 7.12. The molecule has 1 aliphatic heterocycles. The minimum atomic E-state index is -0.446. The highest BCUT2D eigenvalue weighted by atomic mass is 32.1. The molecule has 1 aromatic carbocycles. The Morgan fingerprint density at radius 3 is 2.67 bits per heavy atom. The fourth-order valence-corrected chi connectivity index (χ4v) is 3.96. The summed E-state index contributed by atoms with van der Waals surface area (Å²) in [5.41, 5.74) is 0.785. The lowest BCUT2D eigenvalue weighted by Crippen LogP contribution is -2.35. The maximum atomic E-state index is 13.2. The number of nitrogens with zero attached hydrogens (tertiary/aromatic N) is 2. The number of hydrogen-bond donors (Lipinski definition) is 0. The van der Waals surface area contributed by atoms with Crippen LogP contribution < -0.4 is 0 Å². The predicted octanol–water partition coefficient (Wildman–Crippen LogP) is 3.07. The smallest absolute Gasteiger partial charge is 0.228 e. The van der Waals surface area contributed by atoms with Gasteiger partial charge in [0.05, 0.1) is 18.5 Å². The molecule has 1 aliphatic rings. The molecule has 1 saturated heterocycles. The van der Waals surface area contributed by atoms with Gasteiger partial charge in [-0.3, -0.25) is 9.59 Å². The summed E-state index contributed by atoms with van der Waals surface area (Å²) in [7, 11) is 3.45. The summed E-state index contributed by atoms with van der Waals surface area (Å²) in [5.74, 6) is -0.899. The van der Waals surface area contributed by atoms with Crippen LogP contribution in [0.4, 0.5) is 4.39 Å². The third kappa shape index (κ3) is 3.19. The second-order valence-electron chi connectivity index (χ2n) is 6.09. The molecule has 2 atom stereocenters. The lowest BCUT2D eigenvalue weighted by atomic mass is 9.92. The van der Waals surface area contributed by atoms with Crippen LogP contribution in [0, 0.1) is 11.7 Å². The summed E-state index contributed by atoms with van der Waals surface area (Å²) in [6, 6.07) is 9.61. The molecule has 2 amide bonds. The molecule has 0 saturated carbocycles. The molecule has 0 spiro atoms. The SMILES string of the molecule is CN(Cc1cccs1)C(=O)[C@H]1CC(=O)N(C)[C@H]1c1ccc(F)cc1. The molecule has 0 aliphatic carbocycles. The molecule has 126 valence electrons. The van der Waals surface area contributed by atoms with E-state index in [1.807, 2.05) is 17.5 Å². The summed E-state index contributed by atoms with van der Waals surface area (Å²) in [4.78, 5) is 29.4. The van der Waals surface area contributed by atoms with Crippen LogP contribution in [0.15, 0.2) is 41.8 Å². The zero-order chi connectivity index (χ0) is 17.3. The molecule has 6 heteroatoms. The molecular weight excluding hydrogens is 327 g/mol. The van der Waals surface area contributed by atoms with E-state index < -0.39 is 5.92 Å². The van der Waals surface area contributed by atoms with Gasteiger partial charge in [0.2, 0.25) is 11.8 Å². The standard InChI is InChI=1S/C18H19FN2O2S/c1-20(11-14-4-3-9-24-14)18(23)15-10-16(22)21(2)17(15)12-5-7-13(19)8-6-12/h3-9,15,17H,10-11H2,1-2H3/t15-,17-/m0/s1. The fourth-order valence-electron chi connectivity index (χ4n) is 3.20. The first-order chi connectivity index (χ1) is 11.5. The molecule has 0 radical (unpaired) electrons. The van der Waals surface area contributed by atoms with Crippen molar-refractivity contribution >= 4 is 23.2 Å². The average Bonchev–Trinajstić information content (AvgIpc) is 3.17. The molecule has 2 aromatic rings. The summed E-state index contributed by atoms with van der Waals surface area (Å²) < 4.78 is 13.2. The number of carbonyl (C=O) groups is 2. The van der Waals surface area contributed by atoms with Crippen LogP contribution in [0.1, 0.15) is 22.9 Å². The fraction of sp³-hybridized carbons (Fsp3) is 0.333. The number of halogens is 1. The van der Waals surface area contributed by atoms with Crippen molar-refractivity contribution < 1.29 is 14.0 Å². The number of amides is 2. The van der Waals surface area contributed by atoms with Gasteiger partial charge in [-0.1, -0.05) is 18.2 Å². The quantitative estimate of drug-likeness (QED) is 0.854. The Labute approximate surface area is 144 Å². The molecule has 0 N–H and O–H groups in total. The number of carbonyl (C=O) groups excluding carboxylic acids is 2. The average molecular weight is 346 g/mol. The Morgan fingerprint density at radius 2 is 2.04 bits per heavy atom. The maximum absolute atomic E-state index is 13.2. The first-order valence-electron chi connectivity index (χ1n) is 7.76. The number of benzene rings is 1. The van der Waals surface area contributed by atoms with Gasteiger partial charge in [-0.15, -0.1) is 11.3 Å². The maximum Gasteiger partial charge on any atom is 0.228 e. The Morgan fingerprint density at radius 1 is 1.33 bits per heavy atom. The van der Waals surface area contributed by atoms with Gasteiger partial charge < -0.3 is 9.80 Å². The molecular formula is C18H19FN2O2S. The van der Waals surface area contributed by atoms with E-state index in [2.05, 4.69) is 0 Å².